The molecule has 1 atom stereocenters. The van der Waals surface area contributed by atoms with E-state index >= 15 is 0 Å². The van der Waals surface area contributed by atoms with Crippen LogP contribution in [0.4, 0.5) is 4.39 Å². The molecule has 0 bridgehead atoms. The van der Waals surface area contributed by atoms with Gasteiger partial charge in [0.15, 0.2) is 11.6 Å². The highest BCUT2D eigenvalue weighted by Crippen LogP contribution is 2.25. The maximum absolute atomic E-state index is 13.8. The van der Waals surface area contributed by atoms with Crippen LogP contribution < -0.4 is 10.5 Å². The van der Waals surface area contributed by atoms with Crippen molar-refractivity contribution in [2.75, 3.05) is 6.54 Å². The number of benzene rings is 1. The van der Waals surface area contributed by atoms with Gasteiger partial charge < -0.3 is 10.5 Å². The van der Waals surface area contributed by atoms with Crippen LogP contribution >= 0.6 is 0 Å². The minimum absolute atomic E-state index is 0.217. The maximum Gasteiger partial charge on any atom is 0.167 e. The average Bonchev–Trinajstić information content (AvgIpc) is 2.41. The van der Waals surface area contributed by atoms with E-state index in [1.807, 2.05) is 6.07 Å². The first-order valence-electron chi connectivity index (χ1n) is 5.74. The van der Waals surface area contributed by atoms with Crippen molar-refractivity contribution in [1.82, 2.24) is 4.98 Å². The molecular formula is C14H15FN2O. The van der Waals surface area contributed by atoms with Crippen molar-refractivity contribution >= 4 is 0 Å². The second-order valence-electron chi connectivity index (χ2n) is 4.02. The first-order chi connectivity index (χ1) is 8.72. The van der Waals surface area contributed by atoms with Gasteiger partial charge in [-0.25, -0.2) is 4.39 Å². The fourth-order valence-electron chi connectivity index (χ4n) is 1.68. The van der Waals surface area contributed by atoms with Crippen molar-refractivity contribution in [1.29, 1.82) is 0 Å². The standard InChI is InChI=1S/C14H15FN2O/c1-10-4-2-6-12(14(10)15)18-13(8-16)11-5-3-7-17-9-11/h2-7,9,13H,8,16H2,1H3. The molecule has 0 aliphatic carbocycles. The highest BCUT2D eigenvalue weighted by Gasteiger charge is 2.14. The van der Waals surface area contributed by atoms with Gasteiger partial charge >= 0.3 is 0 Å². The second-order valence-corrected chi connectivity index (χ2v) is 4.02. The number of halogens is 1. The molecule has 0 saturated carbocycles. The van der Waals surface area contributed by atoms with Crippen LogP contribution in [-0.4, -0.2) is 11.5 Å². The van der Waals surface area contributed by atoms with Gasteiger partial charge in [0.1, 0.15) is 6.10 Å². The van der Waals surface area contributed by atoms with Crippen LogP contribution in [0, 0.1) is 12.7 Å². The minimum atomic E-state index is -0.394. The van der Waals surface area contributed by atoms with E-state index in [0.717, 1.165) is 5.56 Å². The summed E-state index contributed by atoms with van der Waals surface area (Å²) in [6.07, 6.45) is 2.95. The smallest absolute Gasteiger partial charge is 0.167 e. The zero-order valence-electron chi connectivity index (χ0n) is 10.1. The lowest BCUT2D eigenvalue weighted by atomic mass is 10.1. The normalized spacial score (nSPS) is 12.2. The van der Waals surface area contributed by atoms with E-state index in [2.05, 4.69) is 4.98 Å². The Morgan fingerprint density at radius 3 is 2.83 bits per heavy atom. The number of nitrogens with zero attached hydrogens (tertiary/aromatic N) is 1. The van der Waals surface area contributed by atoms with Gasteiger partial charge in [0.2, 0.25) is 0 Å². The third-order valence-corrected chi connectivity index (χ3v) is 2.70. The van der Waals surface area contributed by atoms with Gasteiger partial charge in [0.25, 0.3) is 0 Å². The largest absolute Gasteiger partial charge is 0.481 e. The van der Waals surface area contributed by atoms with E-state index in [0.29, 0.717) is 5.56 Å². The van der Waals surface area contributed by atoms with Crippen LogP contribution in [0.1, 0.15) is 17.2 Å². The topological polar surface area (TPSA) is 48.1 Å². The molecule has 0 spiro atoms. The Bertz CT molecular complexity index is 516. The van der Waals surface area contributed by atoms with Crippen molar-refractivity contribution in [2.45, 2.75) is 13.0 Å². The van der Waals surface area contributed by atoms with Crippen LogP contribution in [0.3, 0.4) is 0 Å². The van der Waals surface area contributed by atoms with Crippen LogP contribution in [0.25, 0.3) is 0 Å². The van der Waals surface area contributed by atoms with Gasteiger partial charge in [-0.1, -0.05) is 18.2 Å². The third-order valence-electron chi connectivity index (χ3n) is 2.70. The van der Waals surface area contributed by atoms with Gasteiger partial charge in [-0.15, -0.1) is 0 Å². The Morgan fingerprint density at radius 1 is 1.33 bits per heavy atom. The van der Waals surface area contributed by atoms with E-state index in [1.165, 1.54) is 0 Å². The molecule has 94 valence electrons. The summed E-state index contributed by atoms with van der Waals surface area (Å²) in [6, 6.07) is 8.71. The second kappa shape index (κ2) is 5.60. The molecule has 18 heavy (non-hydrogen) atoms. The van der Waals surface area contributed by atoms with Crippen molar-refractivity contribution in [3.63, 3.8) is 0 Å². The average molecular weight is 246 g/mol. The van der Waals surface area contributed by atoms with Crippen LogP contribution in [0.15, 0.2) is 42.7 Å². The molecule has 2 N–H and O–H groups in total. The molecule has 0 fully saturated rings. The SMILES string of the molecule is Cc1cccc(OC(CN)c2cccnc2)c1F. The summed E-state index contributed by atoms with van der Waals surface area (Å²) in [4.78, 5) is 4.01. The Morgan fingerprint density at radius 2 is 2.17 bits per heavy atom. The quantitative estimate of drug-likeness (QED) is 0.902. The molecular weight excluding hydrogens is 231 g/mol. The molecule has 0 saturated heterocycles. The zero-order valence-corrected chi connectivity index (χ0v) is 10.1. The number of hydrogen-bond donors (Lipinski definition) is 1. The predicted octanol–water partition coefficient (Wildman–Crippen LogP) is 2.61. The fourth-order valence-corrected chi connectivity index (χ4v) is 1.68. The molecule has 2 aromatic rings. The molecule has 4 heteroatoms. The number of ether oxygens (including phenoxy) is 1. The minimum Gasteiger partial charge on any atom is -0.481 e. The lowest BCUT2D eigenvalue weighted by Crippen LogP contribution is -2.19. The lowest BCUT2D eigenvalue weighted by Gasteiger charge is -2.18. The number of aryl methyl sites for hydroxylation is 1. The molecule has 2 rings (SSSR count). The summed E-state index contributed by atoms with van der Waals surface area (Å²) in [5.41, 5.74) is 7.05. The first-order valence-corrected chi connectivity index (χ1v) is 5.74. The van der Waals surface area contributed by atoms with Crippen molar-refractivity contribution in [3.05, 3.63) is 59.7 Å². The van der Waals surface area contributed by atoms with Crippen LogP contribution in [-0.2, 0) is 0 Å². The Hall–Kier alpha value is -1.94. The van der Waals surface area contributed by atoms with Crippen molar-refractivity contribution < 1.29 is 9.13 Å². The molecule has 1 unspecified atom stereocenters. The van der Waals surface area contributed by atoms with Gasteiger partial charge in [-0.05, 0) is 24.6 Å². The predicted molar refractivity (Wildman–Crippen MR) is 67.8 cm³/mol. The summed E-state index contributed by atoms with van der Waals surface area (Å²) < 4.78 is 19.5. The molecule has 1 aromatic heterocycles. The monoisotopic (exact) mass is 246 g/mol. The number of rotatable bonds is 4. The molecule has 3 nitrogen and oxygen atoms in total. The Labute approximate surface area is 105 Å². The van der Waals surface area contributed by atoms with E-state index in [-0.39, 0.29) is 18.1 Å². The fraction of sp³-hybridized carbons (Fsp3) is 0.214. The molecule has 1 aromatic carbocycles. The summed E-state index contributed by atoms with van der Waals surface area (Å²) in [5, 5.41) is 0. The number of hydrogen-bond acceptors (Lipinski definition) is 3. The van der Waals surface area contributed by atoms with Crippen LogP contribution in [0.5, 0.6) is 5.75 Å². The van der Waals surface area contributed by atoms with Crippen molar-refractivity contribution in [3.8, 4) is 5.75 Å². The summed E-state index contributed by atoms with van der Waals surface area (Å²) in [6.45, 7) is 1.96. The van der Waals surface area contributed by atoms with E-state index in [4.69, 9.17) is 10.5 Å². The lowest BCUT2D eigenvalue weighted by molar-refractivity contribution is 0.204. The van der Waals surface area contributed by atoms with E-state index in [1.54, 1.807) is 43.6 Å². The molecule has 0 aliphatic heterocycles. The maximum atomic E-state index is 13.8. The molecule has 1 heterocycles. The highest BCUT2D eigenvalue weighted by atomic mass is 19.1. The Kier molecular flexibility index (Phi) is 3.89. The summed E-state index contributed by atoms with van der Waals surface area (Å²) in [5.74, 6) is -0.130. The summed E-state index contributed by atoms with van der Waals surface area (Å²) >= 11 is 0. The van der Waals surface area contributed by atoms with Crippen molar-refractivity contribution in [2.24, 2.45) is 5.73 Å². The number of aromatic nitrogens is 1. The summed E-state index contributed by atoms with van der Waals surface area (Å²) in [7, 11) is 0. The first kappa shape index (κ1) is 12.5. The molecule has 0 amide bonds. The third kappa shape index (κ3) is 2.65. The van der Waals surface area contributed by atoms with E-state index in [9.17, 15) is 4.39 Å². The van der Waals surface area contributed by atoms with Gasteiger partial charge in [-0.3, -0.25) is 4.98 Å². The highest BCUT2D eigenvalue weighted by molar-refractivity contribution is 5.31. The van der Waals surface area contributed by atoms with Gasteiger partial charge in [0.05, 0.1) is 0 Å². The number of pyridine rings is 1. The van der Waals surface area contributed by atoms with Gasteiger partial charge in [-0.2, -0.15) is 0 Å². The molecule has 0 radical (unpaired) electrons. The van der Waals surface area contributed by atoms with Crippen LogP contribution in [0.2, 0.25) is 0 Å². The number of nitrogens with two attached hydrogens (primary N) is 1. The Balaban J connectivity index is 2.24. The van der Waals surface area contributed by atoms with Gasteiger partial charge in [0, 0.05) is 24.5 Å². The zero-order chi connectivity index (χ0) is 13.0. The molecule has 0 aliphatic rings. The van der Waals surface area contributed by atoms with E-state index < -0.39 is 6.10 Å².